The van der Waals surface area contributed by atoms with Crippen LogP contribution < -0.4 is 4.74 Å². The molecular formula is C28H31F4NO4S. The Morgan fingerprint density at radius 3 is 2.21 bits per heavy atom. The number of rotatable bonds is 11. The molecule has 0 aliphatic heterocycles. The Kier molecular flexibility index (Phi) is 9.22. The van der Waals surface area contributed by atoms with E-state index in [2.05, 4.69) is 0 Å². The summed E-state index contributed by atoms with van der Waals surface area (Å²) in [5.74, 6) is -0.980. The van der Waals surface area contributed by atoms with Crippen LogP contribution in [0.2, 0.25) is 0 Å². The number of aliphatic hydroxyl groups is 1. The summed E-state index contributed by atoms with van der Waals surface area (Å²) in [5, 5.41) is 10.3. The summed E-state index contributed by atoms with van der Waals surface area (Å²) in [7, 11) is -3.63. The number of sulfone groups is 1. The zero-order valence-corrected chi connectivity index (χ0v) is 22.2. The molecule has 0 saturated carbocycles. The molecule has 206 valence electrons. The highest BCUT2D eigenvalue weighted by Crippen LogP contribution is 2.33. The maximum Gasteiger partial charge on any atom is 0.419 e. The van der Waals surface area contributed by atoms with Gasteiger partial charge in [0.05, 0.1) is 22.7 Å². The van der Waals surface area contributed by atoms with Crippen molar-refractivity contribution in [2.24, 2.45) is 0 Å². The molecule has 0 spiro atoms. The van der Waals surface area contributed by atoms with Crippen molar-refractivity contribution in [2.45, 2.75) is 50.0 Å². The van der Waals surface area contributed by atoms with Gasteiger partial charge in [0, 0.05) is 37.0 Å². The summed E-state index contributed by atoms with van der Waals surface area (Å²) in [5.41, 5.74) is -1.55. The van der Waals surface area contributed by atoms with Gasteiger partial charge in [0.15, 0.2) is 9.84 Å². The zero-order valence-electron chi connectivity index (χ0n) is 21.4. The van der Waals surface area contributed by atoms with E-state index in [1.807, 2.05) is 35.2 Å². The molecule has 0 fully saturated rings. The van der Waals surface area contributed by atoms with Gasteiger partial charge in [-0.25, -0.2) is 12.8 Å². The smallest absolute Gasteiger partial charge is 0.419 e. The molecule has 0 radical (unpaired) electrons. The molecule has 0 heterocycles. The first-order valence-corrected chi connectivity index (χ1v) is 13.9. The molecule has 0 atom stereocenters. The van der Waals surface area contributed by atoms with Crippen LogP contribution in [0.3, 0.4) is 0 Å². The first-order chi connectivity index (χ1) is 17.7. The molecule has 0 unspecified atom stereocenters. The Labute approximate surface area is 220 Å². The van der Waals surface area contributed by atoms with Crippen molar-refractivity contribution in [3.05, 3.63) is 94.8 Å². The van der Waals surface area contributed by atoms with Gasteiger partial charge in [0.25, 0.3) is 0 Å². The molecule has 0 saturated heterocycles. The fraction of sp³-hybridized carbons (Fsp3) is 0.357. The molecule has 3 aromatic carbocycles. The largest absolute Gasteiger partial charge is 0.494 e. The standard InChI is InChI=1S/C28H31F4NO4S/c1-27(2,34)23-14-13-22(17-25(23)38(3,35)36)37-16-8-15-33(18-20-9-5-4-6-10-20)19-21-11-7-12-24(26(21)29)28(30,31)32/h4-7,9-14,17,34H,8,15-16,18-19H2,1-3H3. The number of benzene rings is 3. The average Bonchev–Trinajstić information content (AvgIpc) is 2.81. The Morgan fingerprint density at radius 1 is 0.921 bits per heavy atom. The van der Waals surface area contributed by atoms with Crippen LogP contribution in [-0.2, 0) is 34.7 Å². The molecule has 3 rings (SSSR count). The van der Waals surface area contributed by atoms with Gasteiger partial charge in [-0.3, -0.25) is 4.90 Å². The highest BCUT2D eigenvalue weighted by molar-refractivity contribution is 7.90. The summed E-state index contributed by atoms with van der Waals surface area (Å²) < 4.78 is 84.5. The number of alkyl halides is 3. The molecule has 5 nitrogen and oxygen atoms in total. The summed E-state index contributed by atoms with van der Waals surface area (Å²) in [4.78, 5) is 1.80. The first kappa shape index (κ1) is 29.6. The molecular weight excluding hydrogens is 522 g/mol. The minimum atomic E-state index is -4.79. The molecule has 3 aromatic rings. The second-order valence-electron chi connectivity index (χ2n) is 9.66. The highest BCUT2D eigenvalue weighted by Gasteiger charge is 2.35. The van der Waals surface area contributed by atoms with Crippen LogP contribution in [0.4, 0.5) is 17.6 Å². The third kappa shape index (κ3) is 8.02. The predicted molar refractivity (Wildman–Crippen MR) is 137 cm³/mol. The van der Waals surface area contributed by atoms with Crippen molar-refractivity contribution < 1.29 is 35.8 Å². The van der Waals surface area contributed by atoms with E-state index in [-0.39, 0.29) is 29.2 Å². The third-order valence-electron chi connectivity index (χ3n) is 5.93. The van der Waals surface area contributed by atoms with Gasteiger partial charge in [-0.05, 0) is 44.0 Å². The van der Waals surface area contributed by atoms with Gasteiger partial charge in [-0.2, -0.15) is 13.2 Å². The lowest BCUT2D eigenvalue weighted by Crippen LogP contribution is -2.26. The number of hydrogen-bond acceptors (Lipinski definition) is 5. The molecule has 38 heavy (non-hydrogen) atoms. The van der Waals surface area contributed by atoms with Gasteiger partial charge < -0.3 is 9.84 Å². The second-order valence-corrected chi connectivity index (χ2v) is 11.6. The molecule has 0 aromatic heterocycles. The molecule has 0 aliphatic carbocycles. The predicted octanol–water partition coefficient (Wildman–Crippen LogP) is 5.95. The normalized spacial score (nSPS) is 12.7. The van der Waals surface area contributed by atoms with Crippen molar-refractivity contribution in [3.8, 4) is 5.75 Å². The minimum Gasteiger partial charge on any atom is -0.494 e. The monoisotopic (exact) mass is 553 g/mol. The van der Waals surface area contributed by atoms with Crippen LogP contribution in [0.15, 0.2) is 71.6 Å². The van der Waals surface area contributed by atoms with Crippen LogP contribution in [0.25, 0.3) is 0 Å². The summed E-state index contributed by atoms with van der Waals surface area (Å²) in [6.07, 6.45) is -3.30. The van der Waals surface area contributed by atoms with Crippen LogP contribution in [0.5, 0.6) is 5.75 Å². The van der Waals surface area contributed by atoms with Gasteiger partial charge in [0.2, 0.25) is 0 Å². The summed E-state index contributed by atoms with van der Waals surface area (Å²) >= 11 is 0. The number of hydrogen-bond donors (Lipinski definition) is 1. The Bertz CT molecular complexity index is 1340. The molecule has 0 amide bonds. The van der Waals surface area contributed by atoms with E-state index in [1.165, 1.54) is 38.1 Å². The fourth-order valence-electron chi connectivity index (χ4n) is 4.10. The average molecular weight is 554 g/mol. The maximum atomic E-state index is 14.7. The Hall–Kier alpha value is -2.95. The number of halogens is 4. The van der Waals surface area contributed by atoms with Crippen LogP contribution in [-0.4, -0.2) is 37.8 Å². The second kappa shape index (κ2) is 11.8. The van der Waals surface area contributed by atoms with Crippen LogP contribution in [0, 0.1) is 5.82 Å². The van der Waals surface area contributed by atoms with Crippen molar-refractivity contribution >= 4 is 9.84 Å². The number of ether oxygens (including phenoxy) is 1. The maximum absolute atomic E-state index is 14.7. The van der Waals surface area contributed by atoms with Crippen molar-refractivity contribution in [1.82, 2.24) is 4.90 Å². The summed E-state index contributed by atoms with van der Waals surface area (Å²) in [6.45, 7) is 3.89. The fourth-order valence-corrected chi connectivity index (χ4v) is 5.15. The Morgan fingerprint density at radius 2 is 1.61 bits per heavy atom. The van der Waals surface area contributed by atoms with Gasteiger partial charge in [0.1, 0.15) is 11.6 Å². The van der Waals surface area contributed by atoms with Gasteiger partial charge in [-0.15, -0.1) is 0 Å². The summed E-state index contributed by atoms with van der Waals surface area (Å²) in [6, 6.07) is 17.0. The van der Waals surface area contributed by atoms with E-state index in [4.69, 9.17) is 4.74 Å². The molecule has 1 N–H and O–H groups in total. The highest BCUT2D eigenvalue weighted by atomic mass is 32.2. The third-order valence-corrected chi connectivity index (χ3v) is 7.06. The zero-order chi connectivity index (χ0) is 28.1. The van der Waals surface area contributed by atoms with E-state index in [0.29, 0.717) is 25.3 Å². The van der Waals surface area contributed by atoms with E-state index < -0.39 is 33.0 Å². The first-order valence-electron chi connectivity index (χ1n) is 12.0. The van der Waals surface area contributed by atoms with Gasteiger partial charge in [-0.1, -0.05) is 48.5 Å². The lowest BCUT2D eigenvalue weighted by atomic mass is 9.98. The molecule has 0 bridgehead atoms. The molecule has 10 heteroatoms. The van der Waals surface area contributed by atoms with E-state index in [9.17, 15) is 31.1 Å². The Balaban J connectivity index is 1.73. The van der Waals surface area contributed by atoms with E-state index in [0.717, 1.165) is 17.9 Å². The minimum absolute atomic E-state index is 0.0341. The van der Waals surface area contributed by atoms with Crippen LogP contribution >= 0.6 is 0 Å². The molecule has 0 aliphatic rings. The van der Waals surface area contributed by atoms with Crippen molar-refractivity contribution in [2.75, 3.05) is 19.4 Å². The van der Waals surface area contributed by atoms with Crippen molar-refractivity contribution in [3.63, 3.8) is 0 Å². The lowest BCUT2D eigenvalue weighted by molar-refractivity contribution is -0.140. The van der Waals surface area contributed by atoms with Crippen molar-refractivity contribution in [1.29, 1.82) is 0 Å². The SMILES string of the molecule is CC(C)(O)c1ccc(OCCCN(Cc2ccccc2)Cc2cccc(C(F)(F)F)c2F)cc1S(C)(=O)=O. The van der Waals surface area contributed by atoms with Crippen LogP contribution in [0.1, 0.15) is 42.5 Å². The number of nitrogens with zero attached hydrogens (tertiary/aromatic N) is 1. The lowest BCUT2D eigenvalue weighted by Gasteiger charge is -2.24. The quantitative estimate of drug-likeness (QED) is 0.235. The van der Waals surface area contributed by atoms with E-state index in [1.54, 1.807) is 6.07 Å². The topological polar surface area (TPSA) is 66.8 Å². The van der Waals surface area contributed by atoms with Gasteiger partial charge >= 0.3 is 6.18 Å². The van der Waals surface area contributed by atoms with E-state index >= 15 is 0 Å².